The number of H-pyrrole nitrogens is 1. The molecular formula is C24H29F3N6O. The molecule has 0 bridgehead atoms. The first kappa shape index (κ1) is 22.8. The van der Waals surface area contributed by atoms with Crippen LogP contribution in [0.1, 0.15) is 43.2 Å². The minimum Gasteiger partial charge on any atom is -0.378 e. The van der Waals surface area contributed by atoms with Crippen molar-refractivity contribution in [2.45, 2.75) is 51.2 Å². The van der Waals surface area contributed by atoms with Crippen LogP contribution in [0.2, 0.25) is 0 Å². The number of morpholine rings is 1. The first-order valence-electron chi connectivity index (χ1n) is 11.8. The summed E-state index contributed by atoms with van der Waals surface area (Å²) in [5.41, 5.74) is 2.32. The first-order chi connectivity index (χ1) is 16.4. The van der Waals surface area contributed by atoms with E-state index in [2.05, 4.69) is 36.6 Å². The van der Waals surface area contributed by atoms with Gasteiger partial charge in [0, 0.05) is 36.7 Å². The van der Waals surface area contributed by atoms with Crippen molar-refractivity contribution >= 4 is 34.2 Å². The lowest BCUT2D eigenvalue weighted by atomic mass is 9.95. The Bertz CT molecular complexity index is 1150. The second kappa shape index (κ2) is 9.32. The van der Waals surface area contributed by atoms with Crippen molar-refractivity contribution in [3.8, 4) is 0 Å². The number of nitrogens with zero attached hydrogens (tertiary/aromatic N) is 3. The number of nitrogens with one attached hydrogen (secondary N) is 3. The molecule has 2 fully saturated rings. The number of alkyl halides is 3. The van der Waals surface area contributed by atoms with Gasteiger partial charge in [0.1, 0.15) is 11.5 Å². The summed E-state index contributed by atoms with van der Waals surface area (Å²) in [7, 11) is 0. The standard InChI is InChI=1S/C24H29F3N6O/c1-15-13-17(33-9-11-34-12-10-33)7-8-19(15)30-23-31-21-20(18(14-28-21)24(25,26)27)22(32-23)29-16-5-3-2-4-6-16/h7-8,13-14,16H,2-6,9-12H2,1H3,(H3,28,29,30,31,32). The number of aryl methyl sites for hydroxylation is 1. The normalized spacial score (nSPS) is 17.8. The third kappa shape index (κ3) is 4.77. The summed E-state index contributed by atoms with van der Waals surface area (Å²) in [5, 5.41) is 6.49. The molecule has 1 aromatic carbocycles. The van der Waals surface area contributed by atoms with Gasteiger partial charge in [0.15, 0.2) is 0 Å². The lowest BCUT2D eigenvalue weighted by molar-refractivity contribution is -0.136. The fraction of sp³-hybridized carbons (Fsp3) is 0.500. The molecule has 182 valence electrons. The zero-order chi connectivity index (χ0) is 23.7. The molecule has 1 aliphatic carbocycles. The van der Waals surface area contributed by atoms with E-state index in [0.717, 1.165) is 68.3 Å². The van der Waals surface area contributed by atoms with Crippen molar-refractivity contribution in [1.29, 1.82) is 0 Å². The fourth-order valence-corrected chi connectivity index (χ4v) is 4.78. The van der Waals surface area contributed by atoms with E-state index in [4.69, 9.17) is 4.74 Å². The number of ether oxygens (including phenoxy) is 1. The summed E-state index contributed by atoms with van der Waals surface area (Å²) >= 11 is 0. The molecule has 10 heteroatoms. The van der Waals surface area contributed by atoms with Gasteiger partial charge in [-0.25, -0.2) is 0 Å². The van der Waals surface area contributed by atoms with E-state index in [1.807, 2.05) is 19.1 Å². The largest absolute Gasteiger partial charge is 0.418 e. The number of halogens is 3. The molecule has 7 nitrogen and oxygen atoms in total. The van der Waals surface area contributed by atoms with Gasteiger partial charge < -0.3 is 25.3 Å². The second-order valence-electron chi connectivity index (χ2n) is 9.02. The fourth-order valence-electron chi connectivity index (χ4n) is 4.78. The minimum atomic E-state index is -4.49. The first-order valence-corrected chi connectivity index (χ1v) is 11.8. The summed E-state index contributed by atoms with van der Waals surface area (Å²) in [6.45, 7) is 5.09. The molecule has 3 N–H and O–H groups in total. The van der Waals surface area contributed by atoms with E-state index >= 15 is 0 Å². The SMILES string of the molecule is Cc1cc(N2CCOCC2)ccc1Nc1nc(NC2CCCCC2)c2c(C(F)(F)F)c[nH]c2n1. The van der Waals surface area contributed by atoms with Crippen molar-refractivity contribution < 1.29 is 17.9 Å². The zero-order valence-electron chi connectivity index (χ0n) is 19.1. The predicted molar refractivity (Wildman–Crippen MR) is 127 cm³/mol. The lowest BCUT2D eigenvalue weighted by Gasteiger charge is -2.29. The number of aromatic amines is 1. The van der Waals surface area contributed by atoms with Crippen molar-refractivity contribution in [2.24, 2.45) is 0 Å². The van der Waals surface area contributed by atoms with Crippen LogP contribution >= 0.6 is 0 Å². The van der Waals surface area contributed by atoms with Crippen LogP contribution in [0, 0.1) is 6.92 Å². The minimum absolute atomic E-state index is 0.0111. The number of fused-ring (bicyclic) bond motifs is 1. The van der Waals surface area contributed by atoms with Crippen LogP contribution in [0.3, 0.4) is 0 Å². The summed E-state index contributed by atoms with van der Waals surface area (Å²) in [4.78, 5) is 13.8. The average Bonchev–Trinajstić information content (AvgIpc) is 3.27. The smallest absolute Gasteiger partial charge is 0.378 e. The van der Waals surface area contributed by atoms with Gasteiger partial charge in [-0.2, -0.15) is 23.1 Å². The van der Waals surface area contributed by atoms with E-state index in [-0.39, 0.29) is 28.8 Å². The molecule has 2 aromatic heterocycles. The summed E-state index contributed by atoms with van der Waals surface area (Å²) < 4.78 is 46.4. The number of hydrogen-bond donors (Lipinski definition) is 3. The quantitative estimate of drug-likeness (QED) is 0.446. The Balaban J connectivity index is 1.46. The Kier molecular flexibility index (Phi) is 6.24. The van der Waals surface area contributed by atoms with Crippen LogP contribution < -0.4 is 15.5 Å². The van der Waals surface area contributed by atoms with Crippen LogP contribution in [-0.2, 0) is 10.9 Å². The average molecular weight is 475 g/mol. The van der Waals surface area contributed by atoms with Gasteiger partial charge in [-0.15, -0.1) is 0 Å². The molecule has 3 aromatic rings. The van der Waals surface area contributed by atoms with Gasteiger partial charge in [-0.05, 0) is 43.5 Å². The molecule has 0 radical (unpaired) electrons. The van der Waals surface area contributed by atoms with Crippen LogP contribution in [0.5, 0.6) is 0 Å². The molecule has 1 saturated heterocycles. The van der Waals surface area contributed by atoms with Gasteiger partial charge >= 0.3 is 6.18 Å². The molecule has 0 atom stereocenters. The Morgan fingerprint density at radius 2 is 1.85 bits per heavy atom. The molecule has 34 heavy (non-hydrogen) atoms. The van der Waals surface area contributed by atoms with Crippen molar-refractivity contribution in [1.82, 2.24) is 15.0 Å². The highest BCUT2D eigenvalue weighted by Crippen LogP contribution is 2.38. The number of rotatable bonds is 5. The van der Waals surface area contributed by atoms with Crippen LogP contribution in [0.15, 0.2) is 24.4 Å². The molecule has 0 unspecified atom stereocenters. The van der Waals surface area contributed by atoms with Crippen LogP contribution in [0.25, 0.3) is 11.0 Å². The lowest BCUT2D eigenvalue weighted by Crippen LogP contribution is -2.36. The number of anilines is 4. The maximum atomic E-state index is 13.7. The number of aromatic nitrogens is 3. The van der Waals surface area contributed by atoms with Crippen molar-refractivity contribution in [3.05, 3.63) is 35.5 Å². The van der Waals surface area contributed by atoms with Gasteiger partial charge in [0.25, 0.3) is 0 Å². The molecule has 3 heterocycles. The highest BCUT2D eigenvalue weighted by atomic mass is 19.4. The van der Waals surface area contributed by atoms with Crippen molar-refractivity contribution in [2.75, 3.05) is 41.8 Å². The van der Waals surface area contributed by atoms with E-state index < -0.39 is 11.7 Å². The van der Waals surface area contributed by atoms with E-state index in [9.17, 15) is 13.2 Å². The monoisotopic (exact) mass is 474 g/mol. The van der Waals surface area contributed by atoms with Gasteiger partial charge in [0.05, 0.1) is 24.2 Å². The summed E-state index contributed by atoms with van der Waals surface area (Å²) in [6.07, 6.45) is 1.59. The third-order valence-corrected chi connectivity index (χ3v) is 6.62. The Labute approximate surface area is 196 Å². The molecule has 2 aliphatic rings. The van der Waals surface area contributed by atoms with E-state index in [1.54, 1.807) is 0 Å². The third-order valence-electron chi connectivity index (χ3n) is 6.62. The van der Waals surface area contributed by atoms with Crippen LogP contribution in [0.4, 0.5) is 36.3 Å². The van der Waals surface area contributed by atoms with Crippen LogP contribution in [-0.4, -0.2) is 47.3 Å². The molecule has 5 rings (SSSR count). The van der Waals surface area contributed by atoms with Gasteiger partial charge in [-0.1, -0.05) is 19.3 Å². The molecule has 1 aliphatic heterocycles. The maximum absolute atomic E-state index is 13.7. The number of hydrogen-bond acceptors (Lipinski definition) is 6. The van der Waals surface area contributed by atoms with E-state index in [1.165, 1.54) is 0 Å². The molecule has 0 spiro atoms. The van der Waals surface area contributed by atoms with E-state index in [0.29, 0.717) is 13.2 Å². The highest BCUT2D eigenvalue weighted by molar-refractivity contribution is 5.92. The predicted octanol–water partition coefficient (Wildman–Crippen LogP) is 5.61. The highest BCUT2D eigenvalue weighted by Gasteiger charge is 2.36. The summed E-state index contributed by atoms with van der Waals surface area (Å²) in [5.74, 6) is 0.471. The second-order valence-corrected chi connectivity index (χ2v) is 9.02. The number of benzene rings is 1. The Hall–Kier alpha value is -3.01. The maximum Gasteiger partial charge on any atom is 0.418 e. The zero-order valence-corrected chi connectivity index (χ0v) is 19.1. The molecule has 1 saturated carbocycles. The molecular weight excluding hydrogens is 445 g/mol. The topological polar surface area (TPSA) is 78.1 Å². The van der Waals surface area contributed by atoms with Gasteiger partial charge in [0.2, 0.25) is 5.95 Å². The summed E-state index contributed by atoms with van der Waals surface area (Å²) in [6, 6.07) is 6.17. The van der Waals surface area contributed by atoms with Gasteiger partial charge in [-0.3, -0.25) is 0 Å². The van der Waals surface area contributed by atoms with Crippen molar-refractivity contribution in [3.63, 3.8) is 0 Å². The Morgan fingerprint density at radius 3 is 2.56 bits per heavy atom. The molecule has 0 amide bonds. The Morgan fingerprint density at radius 1 is 1.09 bits per heavy atom.